The summed E-state index contributed by atoms with van der Waals surface area (Å²) in [6.45, 7) is 3.65. The molecule has 29 heavy (non-hydrogen) atoms. The summed E-state index contributed by atoms with van der Waals surface area (Å²) in [5.74, 6) is 2.25. The maximum atomic E-state index is 12.2. The highest BCUT2D eigenvalue weighted by Crippen LogP contribution is 2.26. The van der Waals surface area contributed by atoms with Gasteiger partial charge in [0.05, 0.1) is 30.2 Å². The summed E-state index contributed by atoms with van der Waals surface area (Å²) >= 11 is 7.61. The fourth-order valence-corrected chi connectivity index (χ4v) is 4.90. The van der Waals surface area contributed by atoms with E-state index in [2.05, 4.69) is 26.2 Å². The number of halogens is 1. The molecule has 1 amide bonds. The van der Waals surface area contributed by atoms with Gasteiger partial charge in [-0.2, -0.15) is 5.26 Å². The van der Waals surface area contributed by atoms with Crippen LogP contribution in [-0.2, 0) is 11.3 Å². The highest BCUT2D eigenvalue weighted by molar-refractivity contribution is 7.99. The number of pyridine rings is 1. The molecule has 156 valence electrons. The molecule has 4 rings (SSSR count). The number of piperidine rings is 1. The molecule has 9 nitrogen and oxygen atoms in total. The normalized spacial score (nSPS) is 21.4. The van der Waals surface area contributed by atoms with E-state index in [1.165, 1.54) is 6.20 Å². The van der Waals surface area contributed by atoms with Crippen molar-refractivity contribution < 1.29 is 9.42 Å². The van der Waals surface area contributed by atoms with Crippen LogP contribution in [0.25, 0.3) is 0 Å². The Balaban J connectivity index is 1.16. The molecule has 0 saturated carbocycles. The Morgan fingerprint density at radius 3 is 2.93 bits per heavy atom. The summed E-state index contributed by atoms with van der Waals surface area (Å²) < 4.78 is 5.62. The first-order chi connectivity index (χ1) is 14.1. The number of hydrogen-bond acceptors (Lipinski definition) is 7. The third-order valence-corrected chi connectivity index (χ3v) is 6.59. The largest absolute Gasteiger partial charge is 0.310 e. The molecule has 0 bridgehead atoms. The van der Waals surface area contributed by atoms with E-state index in [1.54, 1.807) is 23.9 Å². The van der Waals surface area contributed by atoms with Gasteiger partial charge in [-0.25, -0.2) is 4.98 Å². The van der Waals surface area contributed by atoms with Crippen LogP contribution in [0.2, 0.25) is 5.02 Å². The van der Waals surface area contributed by atoms with Gasteiger partial charge in [-0.15, -0.1) is 11.8 Å². The Kier molecular flexibility index (Phi) is 6.50. The second-order valence-corrected chi connectivity index (χ2v) is 8.77. The summed E-state index contributed by atoms with van der Waals surface area (Å²) in [5.41, 5.74) is 0. The number of aromatic nitrogens is 3. The summed E-state index contributed by atoms with van der Waals surface area (Å²) in [5, 5.41) is 12.5. The van der Waals surface area contributed by atoms with Gasteiger partial charge in [0.25, 0.3) is 0 Å². The number of carbonyl (C=O) groups excluding carboxylic acids is 1. The van der Waals surface area contributed by atoms with Crippen molar-refractivity contribution in [1.82, 2.24) is 24.5 Å². The van der Waals surface area contributed by atoms with Crippen LogP contribution in [0, 0.1) is 11.3 Å². The molecule has 0 unspecified atom stereocenters. The average Bonchev–Trinajstić information content (AvgIpc) is 3.36. The number of nitrogens with one attached hydrogen (secondary N) is 1. The Bertz CT molecular complexity index is 847. The minimum atomic E-state index is -0.0709. The fourth-order valence-electron chi connectivity index (χ4n) is 3.63. The first-order valence-corrected chi connectivity index (χ1v) is 11.3. The van der Waals surface area contributed by atoms with Crippen molar-refractivity contribution in [2.24, 2.45) is 0 Å². The minimum absolute atomic E-state index is 0.0193. The number of amides is 1. The van der Waals surface area contributed by atoms with E-state index in [-0.39, 0.29) is 11.9 Å². The molecule has 0 radical (unpaired) electrons. The van der Waals surface area contributed by atoms with Gasteiger partial charge in [0.15, 0.2) is 0 Å². The molecule has 0 aliphatic carbocycles. The standard InChI is InChI=1S/C18H24ClN7O2S/c19-14-1-2-17(21-10-14)22-18(27)11-23-5-3-15(4-6-23)26-25(28-26)8-7-24-13-29-12-16(24)9-20/h1-2,10,15-16H,3-8,11-13H2,(H,21,22,27)/t16-,25?,26?/m0/s1. The van der Waals surface area contributed by atoms with E-state index in [0.717, 1.165) is 50.7 Å². The smallest absolute Gasteiger partial charge is 0.239 e. The molecule has 2 saturated heterocycles. The van der Waals surface area contributed by atoms with Gasteiger partial charge in [0.2, 0.25) is 5.91 Å². The Morgan fingerprint density at radius 2 is 2.21 bits per heavy atom. The zero-order valence-corrected chi connectivity index (χ0v) is 17.6. The molecular weight excluding hydrogens is 414 g/mol. The number of rotatable bonds is 7. The van der Waals surface area contributed by atoms with Crippen molar-refractivity contribution >= 4 is 35.1 Å². The lowest BCUT2D eigenvalue weighted by Crippen LogP contribution is -2.39. The molecule has 2 fully saturated rings. The van der Waals surface area contributed by atoms with Gasteiger partial charge in [0, 0.05) is 37.5 Å². The summed E-state index contributed by atoms with van der Waals surface area (Å²) in [7, 11) is 0. The first-order valence-electron chi connectivity index (χ1n) is 9.72. The van der Waals surface area contributed by atoms with Gasteiger partial charge in [0.1, 0.15) is 11.9 Å². The maximum absolute atomic E-state index is 12.2. The number of hydrogen-bond donors (Lipinski definition) is 1. The van der Waals surface area contributed by atoms with E-state index in [9.17, 15) is 4.79 Å². The van der Waals surface area contributed by atoms with Crippen molar-refractivity contribution in [1.29, 1.82) is 5.26 Å². The van der Waals surface area contributed by atoms with Crippen LogP contribution in [0.4, 0.5) is 5.82 Å². The molecule has 1 N–H and O–H groups in total. The molecule has 2 aliphatic heterocycles. The van der Waals surface area contributed by atoms with E-state index in [4.69, 9.17) is 21.5 Å². The van der Waals surface area contributed by atoms with Gasteiger partial charge in [-0.3, -0.25) is 19.2 Å². The molecular formula is C18H24ClN7O2S. The van der Waals surface area contributed by atoms with E-state index >= 15 is 0 Å². The average molecular weight is 438 g/mol. The molecule has 0 spiro atoms. The lowest BCUT2D eigenvalue weighted by molar-refractivity contribution is -0.117. The summed E-state index contributed by atoms with van der Waals surface area (Å²) in [6.07, 6.45) is 3.41. The highest BCUT2D eigenvalue weighted by Gasteiger charge is 2.30. The van der Waals surface area contributed by atoms with Crippen molar-refractivity contribution in [2.45, 2.75) is 31.5 Å². The summed E-state index contributed by atoms with van der Waals surface area (Å²) in [4.78, 5) is 24.5. The number of anilines is 1. The lowest BCUT2D eigenvalue weighted by Gasteiger charge is -2.29. The SMILES string of the molecule is N#C[C@H]1CSCN1CCn1on1C1CCN(CC(=O)Nc2ccc(Cl)cn2)CC1. The van der Waals surface area contributed by atoms with Crippen LogP contribution in [0.3, 0.4) is 0 Å². The number of nitrogens with zero attached hydrogens (tertiary/aromatic N) is 6. The molecule has 2 aromatic heterocycles. The van der Waals surface area contributed by atoms with Crippen LogP contribution in [0.1, 0.15) is 18.9 Å². The molecule has 4 heterocycles. The van der Waals surface area contributed by atoms with Crippen molar-refractivity contribution in [2.75, 3.05) is 43.1 Å². The number of thioether (sulfide) groups is 1. The van der Waals surface area contributed by atoms with Crippen molar-refractivity contribution in [3.8, 4) is 6.07 Å². The molecule has 2 aromatic rings. The predicted molar refractivity (Wildman–Crippen MR) is 111 cm³/mol. The third-order valence-electron chi connectivity index (χ3n) is 5.31. The lowest BCUT2D eigenvalue weighted by atomic mass is 10.1. The van der Waals surface area contributed by atoms with Gasteiger partial charge < -0.3 is 5.32 Å². The predicted octanol–water partition coefficient (Wildman–Crippen LogP) is 2.11. The van der Waals surface area contributed by atoms with Crippen molar-refractivity contribution in [3.63, 3.8) is 0 Å². The maximum Gasteiger partial charge on any atom is 0.239 e. The zero-order valence-electron chi connectivity index (χ0n) is 16.0. The Labute approximate surface area is 178 Å². The molecule has 0 aromatic carbocycles. The highest BCUT2D eigenvalue weighted by atomic mass is 35.5. The molecule has 11 heteroatoms. The van der Waals surface area contributed by atoms with Gasteiger partial charge >= 0.3 is 0 Å². The number of carbonyl (C=O) groups is 1. The topological polar surface area (TPSA) is 95.3 Å². The first kappa shape index (κ1) is 20.3. The molecule has 2 aliphatic rings. The number of nitriles is 1. The number of likely N-dealkylation sites (tertiary alicyclic amines) is 1. The zero-order chi connectivity index (χ0) is 20.2. The van der Waals surface area contributed by atoms with E-state index in [1.807, 2.05) is 9.71 Å². The monoisotopic (exact) mass is 437 g/mol. The van der Waals surface area contributed by atoms with Crippen molar-refractivity contribution in [3.05, 3.63) is 23.4 Å². The van der Waals surface area contributed by atoms with Crippen LogP contribution in [0.15, 0.2) is 23.0 Å². The second-order valence-electron chi connectivity index (χ2n) is 7.33. The van der Waals surface area contributed by atoms with Crippen LogP contribution in [0.5, 0.6) is 0 Å². The molecule has 1 atom stereocenters. The minimum Gasteiger partial charge on any atom is -0.310 e. The Hall–Kier alpha value is -1.93. The van der Waals surface area contributed by atoms with Gasteiger partial charge in [-0.1, -0.05) is 21.3 Å². The Morgan fingerprint density at radius 1 is 1.38 bits per heavy atom. The van der Waals surface area contributed by atoms with Crippen LogP contribution in [-0.4, -0.2) is 74.3 Å². The third kappa shape index (κ3) is 5.36. The van der Waals surface area contributed by atoms with Crippen LogP contribution >= 0.6 is 23.4 Å². The van der Waals surface area contributed by atoms with Crippen LogP contribution < -0.4 is 5.32 Å². The van der Waals surface area contributed by atoms with Gasteiger partial charge in [-0.05, 0) is 25.0 Å². The summed E-state index contributed by atoms with van der Waals surface area (Å²) in [6, 6.07) is 6.11. The quantitative estimate of drug-likeness (QED) is 0.708. The van der Waals surface area contributed by atoms with E-state index in [0.29, 0.717) is 23.4 Å². The van der Waals surface area contributed by atoms with E-state index < -0.39 is 0 Å². The fraction of sp³-hybridized carbons (Fsp3) is 0.611. The second kappa shape index (κ2) is 9.26.